The van der Waals surface area contributed by atoms with E-state index < -0.39 is 0 Å². The van der Waals surface area contributed by atoms with Gasteiger partial charge in [0.25, 0.3) is 0 Å². The molecule has 4 nitrogen and oxygen atoms in total. The van der Waals surface area contributed by atoms with E-state index in [0.29, 0.717) is 5.92 Å². The SMILES string of the molecule is COCCSc1nc2ccccn2c1CNCC(C)C. The molecular formula is C15H23N3OS. The molecule has 5 heteroatoms. The van der Waals surface area contributed by atoms with E-state index >= 15 is 0 Å². The van der Waals surface area contributed by atoms with E-state index in [-0.39, 0.29) is 0 Å². The van der Waals surface area contributed by atoms with Gasteiger partial charge >= 0.3 is 0 Å². The van der Waals surface area contributed by atoms with Crippen molar-refractivity contribution in [2.75, 3.05) is 26.0 Å². The predicted octanol–water partition coefficient (Wildman–Crippen LogP) is 2.82. The van der Waals surface area contributed by atoms with Gasteiger partial charge in [0.15, 0.2) is 0 Å². The first-order valence-electron chi connectivity index (χ1n) is 7.00. The first-order valence-corrected chi connectivity index (χ1v) is 7.99. The normalized spacial score (nSPS) is 11.6. The van der Waals surface area contributed by atoms with E-state index in [1.54, 1.807) is 18.9 Å². The van der Waals surface area contributed by atoms with Gasteiger partial charge in [-0.3, -0.25) is 0 Å². The fourth-order valence-corrected chi connectivity index (χ4v) is 2.94. The molecule has 0 fully saturated rings. The summed E-state index contributed by atoms with van der Waals surface area (Å²) in [6.07, 6.45) is 2.08. The van der Waals surface area contributed by atoms with Crippen molar-refractivity contribution < 1.29 is 4.74 Å². The maximum absolute atomic E-state index is 5.12. The Labute approximate surface area is 124 Å². The van der Waals surface area contributed by atoms with E-state index in [1.807, 2.05) is 18.2 Å². The van der Waals surface area contributed by atoms with Crippen LogP contribution in [0.1, 0.15) is 19.5 Å². The fourth-order valence-electron chi connectivity index (χ4n) is 2.00. The molecule has 2 rings (SSSR count). The van der Waals surface area contributed by atoms with Crippen molar-refractivity contribution in [2.45, 2.75) is 25.4 Å². The van der Waals surface area contributed by atoms with Crippen LogP contribution in [0.15, 0.2) is 29.4 Å². The van der Waals surface area contributed by atoms with Crippen molar-refractivity contribution in [3.8, 4) is 0 Å². The van der Waals surface area contributed by atoms with Gasteiger partial charge in [0.05, 0.1) is 12.3 Å². The number of hydrogen-bond acceptors (Lipinski definition) is 4. The number of pyridine rings is 1. The summed E-state index contributed by atoms with van der Waals surface area (Å²) in [5.74, 6) is 1.58. The number of imidazole rings is 1. The molecule has 0 atom stereocenters. The van der Waals surface area contributed by atoms with E-state index in [0.717, 1.165) is 36.1 Å². The molecule has 0 saturated heterocycles. The van der Waals surface area contributed by atoms with Gasteiger partial charge in [-0.2, -0.15) is 0 Å². The minimum Gasteiger partial charge on any atom is -0.384 e. The Morgan fingerprint density at radius 2 is 2.25 bits per heavy atom. The Balaban J connectivity index is 2.15. The fraction of sp³-hybridized carbons (Fsp3) is 0.533. The molecule has 0 aliphatic carbocycles. The predicted molar refractivity (Wildman–Crippen MR) is 84.3 cm³/mol. The van der Waals surface area contributed by atoms with Crippen LogP contribution in [-0.2, 0) is 11.3 Å². The highest BCUT2D eigenvalue weighted by molar-refractivity contribution is 7.99. The monoisotopic (exact) mass is 293 g/mol. The quantitative estimate of drug-likeness (QED) is 0.600. The number of fused-ring (bicyclic) bond motifs is 1. The molecule has 0 aromatic carbocycles. The molecule has 0 spiro atoms. The molecular weight excluding hydrogens is 270 g/mol. The van der Waals surface area contributed by atoms with Gasteiger partial charge in [0.2, 0.25) is 0 Å². The molecule has 0 aliphatic heterocycles. The van der Waals surface area contributed by atoms with E-state index in [2.05, 4.69) is 29.8 Å². The number of rotatable bonds is 8. The van der Waals surface area contributed by atoms with Crippen LogP contribution in [0.3, 0.4) is 0 Å². The number of nitrogens with one attached hydrogen (secondary N) is 1. The van der Waals surface area contributed by atoms with Crippen molar-refractivity contribution in [2.24, 2.45) is 5.92 Å². The van der Waals surface area contributed by atoms with Gasteiger partial charge in [-0.05, 0) is 24.6 Å². The third kappa shape index (κ3) is 3.98. The molecule has 2 heterocycles. The van der Waals surface area contributed by atoms with Crippen molar-refractivity contribution in [3.63, 3.8) is 0 Å². The minimum absolute atomic E-state index is 0.652. The van der Waals surface area contributed by atoms with Gasteiger partial charge in [0, 0.05) is 25.6 Å². The summed E-state index contributed by atoms with van der Waals surface area (Å²) in [6.45, 7) is 7.05. The van der Waals surface area contributed by atoms with E-state index in [9.17, 15) is 0 Å². The topological polar surface area (TPSA) is 38.6 Å². The van der Waals surface area contributed by atoms with E-state index in [4.69, 9.17) is 9.72 Å². The van der Waals surface area contributed by atoms with Crippen LogP contribution in [0.2, 0.25) is 0 Å². The summed E-state index contributed by atoms with van der Waals surface area (Å²) in [4.78, 5) is 4.71. The average molecular weight is 293 g/mol. The zero-order valence-electron chi connectivity index (χ0n) is 12.4. The summed E-state index contributed by atoms with van der Waals surface area (Å²) >= 11 is 1.76. The first-order chi connectivity index (χ1) is 9.72. The minimum atomic E-state index is 0.652. The van der Waals surface area contributed by atoms with E-state index in [1.165, 1.54) is 5.69 Å². The van der Waals surface area contributed by atoms with Crippen LogP contribution in [0.25, 0.3) is 5.65 Å². The van der Waals surface area contributed by atoms with Crippen molar-refractivity contribution in [1.82, 2.24) is 14.7 Å². The number of methoxy groups -OCH3 is 1. The standard InChI is InChI=1S/C15H23N3OS/c1-12(2)10-16-11-13-15(20-9-8-19-3)17-14-6-4-5-7-18(13)14/h4-7,12,16H,8-11H2,1-3H3. The smallest absolute Gasteiger partial charge is 0.138 e. The molecule has 0 bridgehead atoms. The summed E-state index contributed by atoms with van der Waals surface area (Å²) in [7, 11) is 1.73. The Morgan fingerprint density at radius 3 is 3.00 bits per heavy atom. The van der Waals surface area contributed by atoms with Gasteiger partial charge in [0.1, 0.15) is 10.7 Å². The summed E-state index contributed by atoms with van der Waals surface area (Å²) in [5, 5.41) is 4.61. The molecule has 2 aromatic rings. The molecule has 2 aromatic heterocycles. The van der Waals surface area contributed by atoms with Gasteiger partial charge < -0.3 is 14.5 Å². The number of thioether (sulfide) groups is 1. The van der Waals surface area contributed by atoms with Crippen LogP contribution < -0.4 is 5.32 Å². The van der Waals surface area contributed by atoms with Gasteiger partial charge in [-0.1, -0.05) is 19.9 Å². The molecule has 1 N–H and O–H groups in total. The Morgan fingerprint density at radius 1 is 1.40 bits per heavy atom. The summed E-state index contributed by atoms with van der Waals surface area (Å²) in [6, 6.07) is 6.12. The Hall–Kier alpha value is -1.04. The molecule has 20 heavy (non-hydrogen) atoms. The molecule has 0 aliphatic rings. The summed E-state index contributed by atoms with van der Waals surface area (Å²) in [5.41, 5.74) is 2.25. The second kappa shape index (κ2) is 7.67. The summed E-state index contributed by atoms with van der Waals surface area (Å²) < 4.78 is 7.29. The van der Waals surface area contributed by atoms with Crippen LogP contribution in [0.4, 0.5) is 0 Å². The van der Waals surface area contributed by atoms with Crippen LogP contribution in [0.5, 0.6) is 0 Å². The zero-order valence-corrected chi connectivity index (χ0v) is 13.2. The highest BCUT2D eigenvalue weighted by Gasteiger charge is 2.12. The third-order valence-electron chi connectivity index (χ3n) is 2.96. The maximum Gasteiger partial charge on any atom is 0.138 e. The molecule has 0 unspecified atom stereocenters. The maximum atomic E-state index is 5.12. The lowest BCUT2D eigenvalue weighted by atomic mass is 10.2. The zero-order chi connectivity index (χ0) is 14.4. The molecule has 0 saturated carbocycles. The third-order valence-corrected chi connectivity index (χ3v) is 3.93. The highest BCUT2D eigenvalue weighted by Crippen LogP contribution is 2.23. The number of ether oxygens (including phenoxy) is 1. The van der Waals surface area contributed by atoms with Gasteiger partial charge in [-0.25, -0.2) is 4.98 Å². The van der Waals surface area contributed by atoms with Crippen molar-refractivity contribution in [3.05, 3.63) is 30.1 Å². The second-order valence-corrected chi connectivity index (χ2v) is 6.24. The van der Waals surface area contributed by atoms with Crippen molar-refractivity contribution in [1.29, 1.82) is 0 Å². The Kier molecular flexibility index (Phi) is 5.88. The van der Waals surface area contributed by atoms with Crippen LogP contribution in [0, 0.1) is 5.92 Å². The number of aromatic nitrogens is 2. The van der Waals surface area contributed by atoms with Crippen LogP contribution in [-0.4, -0.2) is 35.4 Å². The first kappa shape index (κ1) is 15.4. The molecule has 110 valence electrons. The lowest BCUT2D eigenvalue weighted by Gasteiger charge is -2.09. The van der Waals surface area contributed by atoms with Crippen LogP contribution >= 0.6 is 11.8 Å². The highest BCUT2D eigenvalue weighted by atomic mass is 32.2. The lowest BCUT2D eigenvalue weighted by molar-refractivity contribution is 0.218. The molecule has 0 radical (unpaired) electrons. The lowest BCUT2D eigenvalue weighted by Crippen LogP contribution is -2.20. The van der Waals surface area contributed by atoms with Gasteiger partial charge in [-0.15, -0.1) is 11.8 Å². The number of hydrogen-bond donors (Lipinski definition) is 1. The average Bonchev–Trinajstić information content (AvgIpc) is 2.77. The number of nitrogens with zero attached hydrogens (tertiary/aromatic N) is 2. The van der Waals surface area contributed by atoms with Crippen molar-refractivity contribution >= 4 is 17.4 Å². The Bertz CT molecular complexity index is 539. The second-order valence-electron chi connectivity index (χ2n) is 5.16. The largest absolute Gasteiger partial charge is 0.384 e. The molecule has 0 amide bonds.